The fraction of sp³-hybridized carbons (Fsp3) is 0.364. The highest BCUT2D eigenvalue weighted by atomic mass is 32.2. The molecule has 1 atom stereocenters. The second-order valence-electron chi connectivity index (χ2n) is 3.47. The van der Waals surface area contributed by atoms with Gasteiger partial charge in [0.2, 0.25) is 5.56 Å². The van der Waals surface area contributed by atoms with Gasteiger partial charge < -0.3 is 8.92 Å². The molecule has 0 radical (unpaired) electrons. The molecule has 1 aromatic carbocycles. The van der Waals surface area contributed by atoms with E-state index in [1.165, 1.54) is 12.1 Å². The third-order valence-electron chi connectivity index (χ3n) is 1.97. The van der Waals surface area contributed by atoms with Gasteiger partial charge >= 0.3 is 16.1 Å². The number of carbonyl (C=O) groups excluding carboxylic acids is 1. The lowest BCUT2D eigenvalue weighted by atomic mass is 10.2. The normalized spacial score (nSPS) is 13.0. The summed E-state index contributed by atoms with van der Waals surface area (Å²) in [5.74, 6) is -0.980. The standard InChI is InChI=1S/C11H15NO5S/c1-2-8-16-11(12)18(14,15)17-10(13)9-6-4-3-5-7-9/h3-7,11H,2,8,12H2,1H3. The summed E-state index contributed by atoms with van der Waals surface area (Å²) < 4.78 is 32.2. The van der Waals surface area contributed by atoms with Crippen LogP contribution in [0.15, 0.2) is 30.3 Å². The molecule has 0 aliphatic heterocycles. The number of ether oxygens (including phenoxy) is 1. The molecule has 0 saturated carbocycles. The van der Waals surface area contributed by atoms with Crippen LogP contribution in [0.3, 0.4) is 0 Å². The smallest absolute Gasteiger partial charge is 0.347 e. The maximum atomic E-state index is 11.5. The van der Waals surface area contributed by atoms with Crippen molar-refractivity contribution in [2.75, 3.05) is 6.61 Å². The zero-order valence-electron chi connectivity index (χ0n) is 9.91. The van der Waals surface area contributed by atoms with Crippen LogP contribution < -0.4 is 5.73 Å². The van der Waals surface area contributed by atoms with Crippen LogP contribution in [0.4, 0.5) is 0 Å². The Labute approximate surface area is 106 Å². The van der Waals surface area contributed by atoms with E-state index in [-0.39, 0.29) is 12.2 Å². The van der Waals surface area contributed by atoms with Crippen molar-refractivity contribution >= 4 is 16.1 Å². The van der Waals surface area contributed by atoms with E-state index in [4.69, 9.17) is 10.5 Å². The third-order valence-corrected chi connectivity index (χ3v) is 3.06. The van der Waals surface area contributed by atoms with Crippen molar-refractivity contribution in [2.45, 2.75) is 18.9 Å². The van der Waals surface area contributed by atoms with Crippen molar-refractivity contribution in [2.24, 2.45) is 5.73 Å². The van der Waals surface area contributed by atoms with Crippen LogP contribution in [0.25, 0.3) is 0 Å². The first-order valence-electron chi connectivity index (χ1n) is 5.37. The molecule has 100 valence electrons. The summed E-state index contributed by atoms with van der Waals surface area (Å²) in [7, 11) is -4.27. The molecule has 1 aromatic rings. The zero-order valence-corrected chi connectivity index (χ0v) is 10.7. The predicted molar refractivity (Wildman–Crippen MR) is 65.0 cm³/mol. The molecule has 0 heterocycles. The molecule has 18 heavy (non-hydrogen) atoms. The summed E-state index contributed by atoms with van der Waals surface area (Å²) in [4.78, 5) is 11.5. The summed E-state index contributed by atoms with van der Waals surface area (Å²) in [5.41, 5.74) is 3.74. The molecule has 1 unspecified atom stereocenters. The largest absolute Gasteiger partial charge is 0.353 e. The first-order valence-corrected chi connectivity index (χ1v) is 6.84. The van der Waals surface area contributed by atoms with Crippen LogP contribution in [-0.4, -0.2) is 26.6 Å². The lowest BCUT2D eigenvalue weighted by Crippen LogP contribution is -2.36. The molecule has 2 N–H and O–H groups in total. The first kappa shape index (κ1) is 14.6. The van der Waals surface area contributed by atoms with Crippen molar-refractivity contribution in [1.82, 2.24) is 0 Å². The Bertz CT molecular complexity index is 485. The predicted octanol–water partition coefficient (Wildman–Crippen LogP) is 0.842. The maximum absolute atomic E-state index is 11.5. The van der Waals surface area contributed by atoms with Crippen LogP contribution in [0.2, 0.25) is 0 Å². The zero-order chi connectivity index (χ0) is 13.6. The van der Waals surface area contributed by atoms with E-state index in [9.17, 15) is 13.2 Å². The van der Waals surface area contributed by atoms with E-state index in [1.807, 2.05) is 0 Å². The Kier molecular flexibility index (Phi) is 5.26. The molecular weight excluding hydrogens is 258 g/mol. The van der Waals surface area contributed by atoms with Gasteiger partial charge in [-0.05, 0) is 18.6 Å². The highest BCUT2D eigenvalue weighted by Gasteiger charge is 2.27. The molecule has 7 heteroatoms. The van der Waals surface area contributed by atoms with E-state index in [1.54, 1.807) is 25.1 Å². The minimum atomic E-state index is -4.27. The Morgan fingerprint density at radius 1 is 1.33 bits per heavy atom. The molecule has 0 amide bonds. The highest BCUT2D eigenvalue weighted by Crippen LogP contribution is 2.07. The average Bonchev–Trinajstić information content (AvgIpc) is 2.36. The SMILES string of the molecule is CCCOC(N)S(=O)(=O)OC(=O)c1ccccc1. The van der Waals surface area contributed by atoms with Gasteiger partial charge in [0.05, 0.1) is 5.56 Å². The van der Waals surface area contributed by atoms with Gasteiger partial charge in [-0.25, -0.2) is 4.79 Å². The van der Waals surface area contributed by atoms with Crippen molar-refractivity contribution in [1.29, 1.82) is 0 Å². The van der Waals surface area contributed by atoms with Crippen LogP contribution in [0.5, 0.6) is 0 Å². The maximum Gasteiger partial charge on any atom is 0.353 e. The second-order valence-corrected chi connectivity index (χ2v) is 5.09. The van der Waals surface area contributed by atoms with Crippen LogP contribution in [0, 0.1) is 0 Å². The van der Waals surface area contributed by atoms with E-state index < -0.39 is 21.6 Å². The van der Waals surface area contributed by atoms with Gasteiger partial charge in [0, 0.05) is 6.61 Å². The summed E-state index contributed by atoms with van der Waals surface area (Å²) in [6.07, 6.45) is 0.607. The Morgan fingerprint density at radius 2 is 1.94 bits per heavy atom. The molecule has 0 aliphatic rings. The highest BCUT2D eigenvalue weighted by molar-refractivity contribution is 7.87. The van der Waals surface area contributed by atoms with Crippen molar-refractivity contribution < 1.29 is 22.1 Å². The average molecular weight is 273 g/mol. The van der Waals surface area contributed by atoms with E-state index >= 15 is 0 Å². The van der Waals surface area contributed by atoms with Crippen LogP contribution in [0.1, 0.15) is 23.7 Å². The molecule has 0 bridgehead atoms. The molecule has 1 rings (SSSR count). The summed E-state index contributed by atoms with van der Waals surface area (Å²) >= 11 is 0. The molecule has 0 aromatic heterocycles. The van der Waals surface area contributed by atoms with Crippen molar-refractivity contribution in [3.63, 3.8) is 0 Å². The Hall–Kier alpha value is -1.44. The van der Waals surface area contributed by atoms with Crippen molar-refractivity contribution in [3.05, 3.63) is 35.9 Å². The topological polar surface area (TPSA) is 95.7 Å². The minimum absolute atomic E-state index is 0.128. The number of rotatable bonds is 6. The summed E-state index contributed by atoms with van der Waals surface area (Å²) in [6.45, 7) is 1.97. The quantitative estimate of drug-likeness (QED) is 0.609. The van der Waals surface area contributed by atoms with Crippen LogP contribution >= 0.6 is 0 Å². The minimum Gasteiger partial charge on any atom is -0.347 e. The van der Waals surface area contributed by atoms with Gasteiger partial charge in [0.15, 0.2) is 0 Å². The molecule has 0 spiro atoms. The van der Waals surface area contributed by atoms with E-state index in [0.717, 1.165) is 0 Å². The summed E-state index contributed by atoms with van der Waals surface area (Å²) in [6, 6.07) is 7.77. The van der Waals surface area contributed by atoms with Gasteiger partial charge in [0.25, 0.3) is 0 Å². The fourth-order valence-corrected chi connectivity index (χ4v) is 1.76. The van der Waals surface area contributed by atoms with Gasteiger partial charge in [-0.15, -0.1) is 0 Å². The van der Waals surface area contributed by atoms with E-state index in [2.05, 4.69) is 4.18 Å². The van der Waals surface area contributed by atoms with Gasteiger partial charge in [0.1, 0.15) is 0 Å². The molecular formula is C11H15NO5S. The van der Waals surface area contributed by atoms with Gasteiger partial charge in [-0.3, -0.25) is 5.73 Å². The molecule has 6 nitrogen and oxygen atoms in total. The van der Waals surface area contributed by atoms with Crippen LogP contribution in [-0.2, 0) is 19.0 Å². The molecule has 0 fully saturated rings. The number of carbonyl (C=O) groups is 1. The Balaban J connectivity index is 2.69. The first-order chi connectivity index (χ1) is 8.47. The molecule has 0 saturated heterocycles. The number of nitrogens with two attached hydrogens (primary N) is 1. The summed E-state index contributed by atoms with van der Waals surface area (Å²) in [5, 5.41) is 0. The lowest BCUT2D eigenvalue weighted by molar-refractivity contribution is 0.0681. The fourth-order valence-electron chi connectivity index (χ4n) is 1.09. The van der Waals surface area contributed by atoms with E-state index in [0.29, 0.717) is 6.42 Å². The third kappa shape index (κ3) is 4.10. The van der Waals surface area contributed by atoms with Gasteiger partial charge in [-0.1, -0.05) is 25.1 Å². The monoisotopic (exact) mass is 273 g/mol. The lowest BCUT2D eigenvalue weighted by Gasteiger charge is -2.12. The Morgan fingerprint density at radius 3 is 2.50 bits per heavy atom. The number of hydrogen-bond donors (Lipinski definition) is 1. The second kappa shape index (κ2) is 6.48. The molecule has 0 aliphatic carbocycles. The van der Waals surface area contributed by atoms with Gasteiger partial charge in [-0.2, -0.15) is 8.42 Å². The van der Waals surface area contributed by atoms with Crippen molar-refractivity contribution in [3.8, 4) is 0 Å². The number of hydrogen-bond acceptors (Lipinski definition) is 6. The number of benzene rings is 1.